The van der Waals surface area contributed by atoms with Gasteiger partial charge in [0.25, 0.3) is 0 Å². The number of amides is 1. The zero-order valence-corrected chi connectivity index (χ0v) is 19.7. The molecule has 0 aliphatic carbocycles. The second-order valence-electron chi connectivity index (χ2n) is 7.71. The van der Waals surface area contributed by atoms with Crippen molar-refractivity contribution in [2.75, 3.05) is 30.8 Å². The summed E-state index contributed by atoms with van der Waals surface area (Å²) in [6.45, 7) is 6.15. The van der Waals surface area contributed by atoms with Crippen molar-refractivity contribution < 1.29 is 4.79 Å². The lowest BCUT2D eigenvalue weighted by Gasteiger charge is -2.33. The summed E-state index contributed by atoms with van der Waals surface area (Å²) in [5.41, 5.74) is 2.21. The Morgan fingerprint density at radius 3 is 2.78 bits per heavy atom. The SMILES string of the molecule is CC/C(C)=C/C=C\C(=NC)N1CCC(Nc2nnc(NC(=O)Cc3cccnc3)s2)CC1. The Morgan fingerprint density at radius 2 is 2.09 bits per heavy atom. The van der Waals surface area contributed by atoms with Crippen LogP contribution in [-0.2, 0) is 11.2 Å². The molecule has 0 aromatic carbocycles. The molecule has 0 atom stereocenters. The van der Waals surface area contributed by atoms with Crippen LogP contribution in [0.25, 0.3) is 0 Å². The van der Waals surface area contributed by atoms with Gasteiger partial charge in [0, 0.05) is 38.6 Å². The van der Waals surface area contributed by atoms with Crippen LogP contribution in [0.4, 0.5) is 10.3 Å². The van der Waals surface area contributed by atoms with Gasteiger partial charge in [-0.25, -0.2) is 0 Å². The number of likely N-dealkylation sites (tertiary alicyclic amines) is 1. The monoisotopic (exact) mass is 453 g/mol. The van der Waals surface area contributed by atoms with Gasteiger partial charge in [-0.15, -0.1) is 10.2 Å². The van der Waals surface area contributed by atoms with Crippen LogP contribution in [0.1, 0.15) is 38.7 Å². The molecule has 1 saturated heterocycles. The van der Waals surface area contributed by atoms with Gasteiger partial charge in [-0.2, -0.15) is 0 Å². The molecule has 32 heavy (non-hydrogen) atoms. The number of piperidine rings is 1. The third kappa shape index (κ3) is 7.26. The van der Waals surface area contributed by atoms with E-state index in [1.54, 1.807) is 12.4 Å². The minimum atomic E-state index is -0.127. The third-order valence-corrected chi connectivity index (χ3v) is 6.09. The molecule has 2 N–H and O–H groups in total. The Morgan fingerprint density at radius 1 is 1.31 bits per heavy atom. The van der Waals surface area contributed by atoms with E-state index in [4.69, 9.17) is 0 Å². The normalized spacial score (nSPS) is 15.9. The number of anilines is 2. The molecule has 8 nitrogen and oxygen atoms in total. The molecule has 2 aromatic rings. The zero-order chi connectivity index (χ0) is 22.8. The van der Waals surface area contributed by atoms with Crippen LogP contribution >= 0.6 is 11.3 Å². The number of carbonyl (C=O) groups is 1. The Hall–Kier alpha value is -3.07. The highest BCUT2D eigenvalue weighted by Gasteiger charge is 2.21. The number of carbonyl (C=O) groups excluding carboxylic acids is 1. The van der Waals surface area contributed by atoms with Gasteiger partial charge < -0.3 is 15.5 Å². The molecule has 3 rings (SSSR count). The fraction of sp³-hybridized carbons (Fsp3) is 0.435. The molecular formula is C23H31N7OS. The number of amidine groups is 1. The number of hydrogen-bond donors (Lipinski definition) is 2. The minimum Gasteiger partial charge on any atom is -0.357 e. The lowest BCUT2D eigenvalue weighted by molar-refractivity contribution is -0.115. The molecule has 0 spiro atoms. The predicted octanol–water partition coefficient (Wildman–Crippen LogP) is 3.93. The van der Waals surface area contributed by atoms with Crippen molar-refractivity contribution in [2.24, 2.45) is 4.99 Å². The molecule has 0 bridgehead atoms. The van der Waals surface area contributed by atoms with Crippen molar-refractivity contribution in [3.8, 4) is 0 Å². The topological polar surface area (TPSA) is 95.4 Å². The molecule has 1 fully saturated rings. The summed E-state index contributed by atoms with van der Waals surface area (Å²) >= 11 is 1.36. The van der Waals surface area contributed by atoms with Gasteiger partial charge in [0.1, 0.15) is 5.84 Å². The van der Waals surface area contributed by atoms with Gasteiger partial charge in [-0.1, -0.05) is 42.1 Å². The number of rotatable bonds is 8. The standard InChI is InChI=1S/C23H31N7OS/c1-4-17(2)7-5-9-20(24-3)30-13-10-19(11-14-30)26-22-28-29-23(32-22)27-21(31)15-18-8-6-12-25-16-18/h5-9,12,16,19H,4,10-11,13-15H2,1-3H3,(H,26,28)(H,27,29,31)/b9-5-,17-7+,24-20?. The van der Waals surface area contributed by atoms with Crippen LogP contribution < -0.4 is 10.6 Å². The van der Waals surface area contributed by atoms with Gasteiger partial charge in [-0.05, 0) is 43.9 Å². The molecule has 9 heteroatoms. The number of aromatic nitrogens is 3. The Kier molecular flexibility index (Phi) is 8.91. The van der Waals surface area contributed by atoms with Crippen molar-refractivity contribution in [2.45, 2.75) is 45.6 Å². The average Bonchev–Trinajstić information content (AvgIpc) is 3.24. The van der Waals surface area contributed by atoms with E-state index in [-0.39, 0.29) is 12.3 Å². The van der Waals surface area contributed by atoms with E-state index in [9.17, 15) is 4.79 Å². The molecule has 1 amide bonds. The summed E-state index contributed by atoms with van der Waals surface area (Å²) < 4.78 is 0. The summed E-state index contributed by atoms with van der Waals surface area (Å²) in [6.07, 6.45) is 13.0. The largest absolute Gasteiger partial charge is 0.357 e. The molecule has 1 aliphatic rings. The number of nitrogens with one attached hydrogen (secondary N) is 2. The fourth-order valence-corrected chi connectivity index (χ4v) is 4.09. The number of pyridine rings is 1. The van der Waals surface area contributed by atoms with Gasteiger partial charge in [0.2, 0.25) is 16.2 Å². The molecule has 170 valence electrons. The molecule has 0 radical (unpaired) electrons. The maximum Gasteiger partial charge on any atom is 0.230 e. The second-order valence-corrected chi connectivity index (χ2v) is 8.69. The smallest absolute Gasteiger partial charge is 0.230 e. The number of aliphatic imine (C=N–C) groups is 1. The average molecular weight is 454 g/mol. The predicted molar refractivity (Wildman–Crippen MR) is 131 cm³/mol. The third-order valence-electron chi connectivity index (χ3n) is 5.32. The van der Waals surface area contributed by atoms with Crippen LogP contribution in [0.15, 0.2) is 53.3 Å². The van der Waals surface area contributed by atoms with E-state index in [1.165, 1.54) is 16.9 Å². The van der Waals surface area contributed by atoms with E-state index in [2.05, 4.69) is 67.8 Å². The molecule has 0 unspecified atom stereocenters. The van der Waals surface area contributed by atoms with Crippen LogP contribution in [0, 0.1) is 0 Å². The maximum atomic E-state index is 12.2. The molecule has 0 saturated carbocycles. The lowest BCUT2D eigenvalue weighted by atomic mass is 10.1. The van der Waals surface area contributed by atoms with Crippen molar-refractivity contribution in [3.05, 3.63) is 53.9 Å². The van der Waals surface area contributed by atoms with Crippen LogP contribution in [-0.4, -0.2) is 58.0 Å². The molecule has 1 aliphatic heterocycles. The molecule has 2 aromatic heterocycles. The number of allylic oxidation sites excluding steroid dienone is 3. The first-order valence-electron chi connectivity index (χ1n) is 10.9. The quantitative estimate of drug-likeness (QED) is 0.357. The summed E-state index contributed by atoms with van der Waals surface area (Å²) in [5.74, 6) is 0.885. The Bertz CT molecular complexity index is 960. The van der Waals surface area contributed by atoms with E-state index in [1.807, 2.05) is 19.2 Å². The first-order chi connectivity index (χ1) is 15.6. The minimum absolute atomic E-state index is 0.127. The van der Waals surface area contributed by atoms with Crippen molar-refractivity contribution in [3.63, 3.8) is 0 Å². The van der Waals surface area contributed by atoms with E-state index >= 15 is 0 Å². The summed E-state index contributed by atoms with van der Waals surface area (Å²) in [5, 5.41) is 15.8. The first kappa shape index (κ1) is 23.6. The summed E-state index contributed by atoms with van der Waals surface area (Å²) in [7, 11) is 1.84. The summed E-state index contributed by atoms with van der Waals surface area (Å²) in [6, 6.07) is 4.01. The lowest BCUT2D eigenvalue weighted by Crippen LogP contribution is -2.41. The highest BCUT2D eigenvalue weighted by molar-refractivity contribution is 7.19. The van der Waals surface area contributed by atoms with Crippen molar-refractivity contribution >= 4 is 33.3 Å². The van der Waals surface area contributed by atoms with E-state index in [0.29, 0.717) is 11.2 Å². The van der Waals surface area contributed by atoms with Crippen LogP contribution in [0.5, 0.6) is 0 Å². The van der Waals surface area contributed by atoms with Gasteiger partial charge in [-0.3, -0.25) is 14.8 Å². The Labute approximate surface area is 193 Å². The number of nitrogens with zero attached hydrogens (tertiary/aromatic N) is 5. The fourth-order valence-electron chi connectivity index (χ4n) is 3.35. The zero-order valence-electron chi connectivity index (χ0n) is 18.9. The van der Waals surface area contributed by atoms with E-state index in [0.717, 1.165) is 48.9 Å². The van der Waals surface area contributed by atoms with Crippen LogP contribution in [0.2, 0.25) is 0 Å². The van der Waals surface area contributed by atoms with Crippen molar-refractivity contribution in [1.29, 1.82) is 0 Å². The van der Waals surface area contributed by atoms with Crippen molar-refractivity contribution in [1.82, 2.24) is 20.1 Å². The molecular weight excluding hydrogens is 422 g/mol. The van der Waals surface area contributed by atoms with Gasteiger partial charge >= 0.3 is 0 Å². The number of hydrogen-bond acceptors (Lipinski definition) is 7. The Balaban J connectivity index is 1.45. The van der Waals surface area contributed by atoms with E-state index < -0.39 is 0 Å². The van der Waals surface area contributed by atoms with Gasteiger partial charge in [0.05, 0.1) is 6.42 Å². The summed E-state index contributed by atoms with van der Waals surface area (Å²) in [4.78, 5) is 23.0. The maximum absolute atomic E-state index is 12.2. The first-order valence-corrected chi connectivity index (χ1v) is 11.7. The van der Waals surface area contributed by atoms with Gasteiger partial charge in [0.15, 0.2) is 0 Å². The van der Waals surface area contributed by atoms with Crippen LogP contribution in [0.3, 0.4) is 0 Å². The molecule has 3 heterocycles. The second kappa shape index (κ2) is 12.1. The highest BCUT2D eigenvalue weighted by atomic mass is 32.1. The highest BCUT2D eigenvalue weighted by Crippen LogP contribution is 2.23.